The summed E-state index contributed by atoms with van der Waals surface area (Å²) in [5.74, 6) is 2.31. The van der Waals surface area contributed by atoms with Crippen LogP contribution in [0.5, 0.6) is 11.5 Å². The molecule has 0 saturated heterocycles. The molecule has 4 nitrogen and oxygen atoms in total. The fourth-order valence-corrected chi connectivity index (χ4v) is 8.26. The monoisotopic (exact) mass is 641 g/mol. The fourth-order valence-electron chi connectivity index (χ4n) is 8.26. The Hall–Kier alpha value is -6.39. The van der Waals surface area contributed by atoms with E-state index >= 15 is 0 Å². The van der Waals surface area contributed by atoms with E-state index < -0.39 is 5.41 Å². The van der Waals surface area contributed by atoms with E-state index in [2.05, 4.69) is 115 Å². The summed E-state index contributed by atoms with van der Waals surface area (Å²) in [6, 6.07) is 50.7. The quantitative estimate of drug-likeness (QED) is 0.192. The first-order chi connectivity index (χ1) is 24.8. The van der Waals surface area contributed by atoms with Crippen molar-refractivity contribution in [1.29, 1.82) is 0 Å². The van der Waals surface area contributed by atoms with E-state index in [0.29, 0.717) is 5.82 Å². The van der Waals surface area contributed by atoms with Crippen LogP contribution in [0.15, 0.2) is 170 Å². The molecule has 2 aliphatic carbocycles. The van der Waals surface area contributed by atoms with Gasteiger partial charge < -0.3 is 4.74 Å². The van der Waals surface area contributed by atoms with Crippen molar-refractivity contribution in [2.45, 2.75) is 18.3 Å². The summed E-state index contributed by atoms with van der Waals surface area (Å²) >= 11 is 0. The smallest absolute Gasteiger partial charge is 0.162 e. The summed E-state index contributed by atoms with van der Waals surface area (Å²) in [6.07, 6.45) is 8.48. The third kappa shape index (κ3) is 4.21. The lowest BCUT2D eigenvalue weighted by Gasteiger charge is -2.41. The van der Waals surface area contributed by atoms with Crippen LogP contribution in [0.2, 0.25) is 0 Å². The van der Waals surface area contributed by atoms with Crippen LogP contribution >= 0.6 is 0 Å². The molecular weight excluding hydrogens is 611 g/mol. The van der Waals surface area contributed by atoms with Crippen LogP contribution in [0.25, 0.3) is 50.7 Å². The molecule has 4 heteroatoms. The van der Waals surface area contributed by atoms with Gasteiger partial charge in [-0.2, -0.15) is 0 Å². The third-order valence-electron chi connectivity index (χ3n) is 10.3. The number of hydrogen-bond acceptors (Lipinski definition) is 4. The van der Waals surface area contributed by atoms with Gasteiger partial charge in [0.2, 0.25) is 0 Å². The zero-order valence-electron chi connectivity index (χ0n) is 27.3. The van der Waals surface area contributed by atoms with E-state index in [1.807, 2.05) is 48.7 Å². The molecule has 3 aliphatic rings. The Morgan fingerprint density at radius 3 is 1.98 bits per heavy atom. The largest absolute Gasteiger partial charge is 0.456 e. The lowest BCUT2D eigenvalue weighted by Crippen LogP contribution is -2.33. The van der Waals surface area contributed by atoms with Crippen molar-refractivity contribution in [2.24, 2.45) is 0 Å². The normalized spacial score (nSPS) is 16.7. The lowest BCUT2D eigenvalue weighted by molar-refractivity contribution is 0.433. The predicted molar refractivity (Wildman–Crippen MR) is 200 cm³/mol. The minimum absolute atomic E-state index is 0.476. The summed E-state index contributed by atoms with van der Waals surface area (Å²) in [4.78, 5) is 15.4. The second kappa shape index (κ2) is 11.4. The van der Waals surface area contributed by atoms with E-state index in [4.69, 9.17) is 19.7 Å². The van der Waals surface area contributed by atoms with Gasteiger partial charge in [-0.1, -0.05) is 127 Å². The molecule has 10 rings (SSSR count). The van der Waals surface area contributed by atoms with E-state index in [9.17, 15) is 0 Å². The van der Waals surface area contributed by atoms with Crippen molar-refractivity contribution in [1.82, 2.24) is 15.0 Å². The number of fused-ring (bicyclic) bond motifs is 8. The highest BCUT2D eigenvalue weighted by molar-refractivity contribution is 5.94. The van der Waals surface area contributed by atoms with E-state index in [0.717, 1.165) is 69.2 Å². The van der Waals surface area contributed by atoms with Crippen LogP contribution in [0.1, 0.15) is 35.1 Å². The Balaban J connectivity index is 1.23. The summed E-state index contributed by atoms with van der Waals surface area (Å²) in [5.41, 5.74) is 13.5. The molecule has 1 unspecified atom stereocenters. The van der Waals surface area contributed by atoms with E-state index in [1.54, 1.807) is 0 Å². The van der Waals surface area contributed by atoms with Crippen LogP contribution in [0, 0.1) is 0 Å². The molecule has 3 heterocycles. The Morgan fingerprint density at radius 1 is 0.560 bits per heavy atom. The van der Waals surface area contributed by atoms with Crippen LogP contribution < -0.4 is 4.74 Å². The number of aromatic nitrogens is 3. The maximum Gasteiger partial charge on any atom is 0.162 e. The molecule has 1 atom stereocenters. The van der Waals surface area contributed by atoms with Crippen LogP contribution in [-0.4, -0.2) is 15.0 Å². The summed E-state index contributed by atoms with van der Waals surface area (Å²) in [5, 5.41) is 0. The molecule has 0 radical (unpaired) electrons. The first-order valence-electron chi connectivity index (χ1n) is 17.2. The zero-order valence-corrected chi connectivity index (χ0v) is 27.3. The van der Waals surface area contributed by atoms with E-state index in [-0.39, 0.29) is 0 Å². The van der Waals surface area contributed by atoms with Gasteiger partial charge in [0, 0.05) is 39.6 Å². The number of ether oxygens (including phenoxy) is 1. The molecular formula is C46H31N3O. The molecule has 1 aliphatic heterocycles. The third-order valence-corrected chi connectivity index (χ3v) is 10.3. The van der Waals surface area contributed by atoms with Crippen molar-refractivity contribution in [2.75, 3.05) is 0 Å². The molecule has 50 heavy (non-hydrogen) atoms. The van der Waals surface area contributed by atoms with Gasteiger partial charge in [0.25, 0.3) is 0 Å². The van der Waals surface area contributed by atoms with Crippen LogP contribution in [0.3, 0.4) is 0 Å². The number of rotatable bonds is 4. The van der Waals surface area contributed by atoms with Gasteiger partial charge in [0.1, 0.15) is 11.5 Å². The molecule has 2 aromatic heterocycles. The number of pyridine rings is 1. The Bertz CT molecular complexity index is 2460. The Kier molecular flexibility index (Phi) is 6.50. The summed E-state index contributed by atoms with van der Waals surface area (Å²) in [7, 11) is 0. The second-order valence-electron chi connectivity index (χ2n) is 13.0. The Morgan fingerprint density at radius 2 is 1.20 bits per heavy atom. The molecule has 1 spiro atoms. The van der Waals surface area contributed by atoms with Gasteiger partial charge in [-0.3, -0.25) is 4.98 Å². The molecule has 0 amide bonds. The minimum Gasteiger partial charge on any atom is -0.456 e. The van der Waals surface area contributed by atoms with Crippen molar-refractivity contribution >= 4 is 5.57 Å². The number of para-hydroxylation sites is 2. The molecule has 0 N–H and O–H groups in total. The maximum absolute atomic E-state index is 7.00. The summed E-state index contributed by atoms with van der Waals surface area (Å²) in [6.45, 7) is 0. The second-order valence-corrected chi connectivity index (χ2v) is 13.0. The molecule has 0 fully saturated rings. The standard InChI is InChI=1S/C46H31N3O/c1-3-15-30(16-4-1)40-29-41(31-17-5-2-6-18-31)49-45(48-40)35-22-14-28-47-43(35)34-21-13-26-39-44(34)50-42-27-12-11-25-38(42)46(39)36-23-9-7-19-32(36)33-20-8-10-24-37(33)46/h1-9,11-23,25-29H,10,24H2. The molecule has 7 aromatic rings. The first kappa shape index (κ1) is 28.6. The van der Waals surface area contributed by atoms with Gasteiger partial charge in [-0.25, -0.2) is 9.97 Å². The minimum atomic E-state index is -0.476. The maximum atomic E-state index is 7.00. The van der Waals surface area contributed by atoms with Gasteiger partial charge in [-0.15, -0.1) is 0 Å². The van der Waals surface area contributed by atoms with Gasteiger partial charge in [0.15, 0.2) is 5.82 Å². The molecule has 0 bridgehead atoms. The number of nitrogens with zero attached hydrogens (tertiary/aromatic N) is 3. The lowest BCUT2D eigenvalue weighted by atomic mass is 9.63. The van der Waals surface area contributed by atoms with Gasteiger partial charge in [0.05, 0.1) is 22.5 Å². The highest BCUT2D eigenvalue weighted by atomic mass is 16.5. The zero-order chi connectivity index (χ0) is 33.1. The summed E-state index contributed by atoms with van der Waals surface area (Å²) < 4.78 is 7.00. The molecule has 5 aromatic carbocycles. The average Bonchev–Trinajstić information content (AvgIpc) is 3.49. The number of hydrogen-bond donors (Lipinski definition) is 0. The van der Waals surface area contributed by atoms with Gasteiger partial charge >= 0.3 is 0 Å². The number of allylic oxidation sites excluding steroid dienone is 4. The Labute approximate surface area is 291 Å². The molecule has 236 valence electrons. The average molecular weight is 642 g/mol. The highest BCUT2D eigenvalue weighted by Gasteiger charge is 2.52. The van der Waals surface area contributed by atoms with Crippen molar-refractivity contribution < 1.29 is 4.74 Å². The fraction of sp³-hybridized carbons (Fsp3) is 0.0652. The molecule has 0 saturated carbocycles. The predicted octanol–water partition coefficient (Wildman–Crippen LogP) is 11.1. The SMILES string of the molecule is C1=CC2=C(CC1)C1(c3ccccc3Oc3c(-c4ncccc4-c4nc(-c5ccccc5)cc(-c5ccccc5)n4)cccc31)c1ccccc12. The van der Waals surface area contributed by atoms with Crippen molar-refractivity contribution in [3.05, 3.63) is 192 Å². The van der Waals surface area contributed by atoms with Crippen molar-refractivity contribution in [3.63, 3.8) is 0 Å². The van der Waals surface area contributed by atoms with Crippen LogP contribution in [-0.2, 0) is 5.41 Å². The number of benzene rings is 5. The van der Waals surface area contributed by atoms with Crippen molar-refractivity contribution in [3.8, 4) is 56.7 Å². The van der Waals surface area contributed by atoms with Gasteiger partial charge in [-0.05, 0) is 65.4 Å². The highest BCUT2D eigenvalue weighted by Crippen LogP contribution is 2.64. The topological polar surface area (TPSA) is 47.9 Å². The van der Waals surface area contributed by atoms with Crippen LogP contribution in [0.4, 0.5) is 0 Å². The van der Waals surface area contributed by atoms with E-state index in [1.165, 1.54) is 27.8 Å². The first-order valence-corrected chi connectivity index (χ1v) is 17.2.